The molecule has 1 amide bonds. The molecule has 19 heavy (non-hydrogen) atoms. The molecule has 0 aliphatic carbocycles. The lowest BCUT2D eigenvalue weighted by atomic mass is 10.2. The van der Waals surface area contributed by atoms with Crippen molar-refractivity contribution in [2.45, 2.75) is 0 Å². The second-order valence-corrected chi connectivity index (χ2v) is 4.41. The van der Waals surface area contributed by atoms with E-state index in [0.717, 1.165) is 0 Å². The van der Waals surface area contributed by atoms with Crippen molar-refractivity contribution in [2.75, 3.05) is 5.32 Å². The number of amides is 1. The van der Waals surface area contributed by atoms with E-state index in [1.807, 2.05) is 0 Å². The van der Waals surface area contributed by atoms with Crippen molar-refractivity contribution in [3.8, 4) is 0 Å². The Morgan fingerprint density at radius 2 is 2.32 bits per heavy atom. The Balaban J connectivity index is 2.04. The Bertz CT molecular complexity index is 623. The summed E-state index contributed by atoms with van der Waals surface area (Å²) >= 11 is 1.31. The number of carbonyl (C=O) groups excluding carboxylic acids is 1. The van der Waals surface area contributed by atoms with Crippen LogP contribution in [-0.4, -0.2) is 15.8 Å². The zero-order valence-electron chi connectivity index (χ0n) is 9.65. The molecule has 0 aliphatic rings. The van der Waals surface area contributed by atoms with E-state index in [4.69, 9.17) is 0 Å². The Labute approximate surface area is 112 Å². The molecular weight excluding hydrogens is 266 g/mol. The van der Waals surface area contributed by atoms with Gasteiger partial charge in [0.15, 0.2) is 5.13 Å². The topological polar surface area (TPSA) is 85.1 Å². The van der Waals surface area contributed by atoms with Crippen molar-refractivity contribution in [1.82, 2.24) is 4.98 Å². The monoisotopic (exact) mass is 275 g/mol. The minimum absolute atomic E-state index is 0.0116. The fraction of sp³-hybridized carbons (Fsp3) is 0. The summed E-state index contributed by atoms with van der Waals surface area (Å²) in [6, 6.07) is 6.04. The molecule has 0 aliphatic heterocycles. The number of nitro groups is 1. The van der Waals surface area contributed by atoms with Gasteiger partial charge in [0.2, 0.25) is 5.91 Å². The van der Waals surface area contributed by atoms with Crippen LogP contribution in [0.5, 0.6) is 0 Å². The SMILES string of the molecule is O=C(C=Cc1cccc([N+](=O)[O-])c1)Nc1nccs1. The summed E-state index contributed by atoms with van der Waals surface area (Å²) in [5.74, 6) is -0.332. The van der Waals surface area contributed by atoms with Crippen LogP contribution in [-0.2, 0) is 4.79 Å². The molecule has 0 fully saturated rings. The lowest BCUT2D eigenvalue weighted by molar-refractivity contribution is -0.384. The number of aromatic nitrogens is 1. The van der Waals surface area contributed by atoms with Gasteiger partial charge in [-0.3, -0.25) is 20.2 Å². The summed E-state index contributed by atoms with van der Waals surface area (Å²) in [4.78, 5) is 25.6. The van der Waals surface area contributed by atoms with Crippen LogP contribution < -0.4 is 5.32 Å². The number of benzene rings is 1. The maximum Gasteiger partial charge on any atom is 0.270 e. The van der Waals surface area contributed by atoms with E-state index >= 15 is 0 Å². The highest BCUT2D eigenvalue weighted by Gasteiger charge is 2.04. The molecule has 0 atom stereocenters. The summed E-state index contributed by atoms with van der Waals surface area (Å²) in [7, 11) is 0. The van der Waals surface area contributed by atoms with Gasteiger partial charge in [-0.1, -0.05) is 12.1 Å². The van der Waals surface area contributed by atoms with Gasteiger partial charge in [-0.05, 0) is 11.6 Å². The van der Waals surface area contributed by atoms with E-state index in [2.05, 4.69) is 10.3 Å². The van der Waals surface area contributed by atoms with Crippen LogP contribution in [0.2, 0.25) is 0 Å². The number of non-ortho nitro benzene ring substituents is 1. The van der Waals surface area contributed by atoms with Crippen molar-refractivity contribution >= 4 is 34.1 Å². The van der Waals surface area contributed by atoms with Gasteiger partial charge in [-0.25, -0.2) is 4.98 Å². The summed E-state index contributed by atoms with van der Waals surface area (Å²) in [5, 5.41) is 15.4. The van der Waals surface area contributed by atoms with Gasteiger partial charge in [0.25, 0.3) is 5.69 Å². The van der Waals surface area contributed by atoms with Crippen LogP contribution in [0.4, 0.5) is 10.8 Å². The summed E-state index contributed by atoms with van der Waals surface area (Å²) in [5.41, 5.74) is 0.575. The molecule has 1 N–H and O–H groups in total. The van der Waals surface area contributed by atoms with E-state index in [1.165, 1.54) is 35.6 Å². The quantitative estimate of drug-likeness (QED) is 0.528. The Kier molecular flexibility index (Phi) is 3.99. The van der Waals surface area contributed by atoms with Gasteiger partial charge < -0.3 is 0 Å². The number of anilines is 1. The highest BCUT2D eigenvalue weighted by molar-refractivity contribution is 7.13. The van der Waals surface area contributed by atoms with Crippen LogP contribution in [0, 0.1) is 10.1 Å². The predicted molar refractivity (Wildman–Crippen MR) is 72.9 cm³/mol. The van der Waals surface area contributed by atoms with Gasteiger partial charge in [0.1, 0.15) is 0 Å². The fourth-order valence-electron chi connectivity index (χ4n) is 1.35. The molecule has 1 aromatic carbocycles. The minimum Gasteiger partial charge on any atom is -0.298 e. The number of hydrogen-bond donors (Lipinski definition) is 1. The van der Waals surface area contributed by atoms with E-state index in [-0.39, 0.29) is 11.6 Å². The molecule has 0 radical (unpaired) electrons. The van der Waals surface area contributed by atoms with Crippen molar-refractivity contribution < 1.29 is 9.72 Å². The number of hydrogen-bond acceptors (Lipinski definition) is 5. The van der Waals surface area contributed by atoms with E-state index in [0.29, 0.717) is 10.7 Å². The molecule has 0 bridgehead atoms. The van der Waals surface area contributed by atoms with Crippen LogP contribution in [0.25, 0.3) is 6.08 Å². The van der Waals surface area contributed by atoms with Gasteiger partial charge in [-0.15, -0.1) is 11.3 Å². The zero-order valence-corrected chi connectivity index (χ0v) is 10.5. The number of nitro benzene ring substituents is 1. The van der Waals surface area contributed by atoms with Crippen molar-refractivity contribution in [3.63, 3.8) is 0 Å². The molecule has 0 spiro atoms. The fourth-order valence-corrected chi connectivity index (χ4v) is 1.88. The first-order valence-electron chi connectivity index (χ1n) is 5.28. The van der Waals surface area contributed by atoms with Gasteiger partial charge >= 0.3 is 0 Å². The van der Waals surface area contributed by atoms with Crippen LogP contribution >= 0.6 is 11.3 Å². The van der Waals surface area contributed by atoms with E-state index in [9.17, 15) is 14.9 Å². The molecule has 7 heteroatoms. The Morgan fingerprint density at radius 3 is 3.00 bits per heavy atom. The molecule has 0 unspecified atom stereocenters. The second-order valence-electron chi connectivity index (χ2n) is 3.51. The summed E-state index contributed by atoms with van der Waals surface area (Å²) < 4.78 is 0. The molecule has 0 saturated carbocycles. The standard InChI is InChI=1S/C12H9N3O3S/c16-11(14-12-13-6-7-19-12)5-4-9-2-1-3-10(8-9)15(17)18/h1-8H,(H,13,14,16). The highest BCUT2D eigenvalue weighted by atomic mass is 32.1. The molecule has 6 nitrogen and oxygen atoms in total. The second kappa shape index (κ2) is 5.87. The van der Waals surface area contributed by atoms with Crippen LogP contribution in [0.15, 0.2) is 41.9 Å². The molecule has 2 rings (SSSR count). The minimum atomic E-state index is -0.479. The lowest BCUT2D eigenvalue weighted by Gasteiger charge is -1.96. The van der Waals surface area contributed by atoms with E-state index in [1.54, 1.807) is 23.7 Å². The molecular formula is C12H9N3O3S. The number of nitrogens with one attached hydrogen (secondary N) is 1. The zero-order chi connectivity index (χ0) is 13.7. The number of rotatable bonds is 4. The number of nitrogens with zero attached hydrogens (tertiary/aromatic N) is 2. The Hall–Kier alpha value is -2.54. The van der Waals surface area contributed by atoms with Crippen LogP contribution in [0.1, 0.15) is 5.56 Å². The van der Waals surface area contributed by atoms with Crippen molar-refractivity contribution in [2.24, 2.45) is 0 Å². The molecule has 1 heterocycles. The number of thiazole rings is 1. The lowest BCUT2D eigenvalue weighted by Crippen LogP contribution is -2.07. The smallest absolute Gasteiger partial charge is 0.270 e. The summed E-state index contributed by atoms with van der Waals surface area (Å²) in [6.07, 6.45) is 4.40. The van der Waals surface area contributed by atoms with E-state index < -0.39 is 4.92 Å². The first-order valence-corrected chi connectivity index (χ1v) is 6.16. The maximum absolute atomic E-state index is 11.5. The van der Waals surface area contributed by atoms with Crippen molar-refractivity contribution in [3.05, 3.63) is 57.6 Å². The summed E-state index contributed by atoms with van der Waals surface area (Å²) in [6.45, 7) is 0. The van der Waals surface area contributed by atoms with Gasteiger partial charge in [0, 0.05) is 29.8 Å². The maximum atomic E-state index is 11.5. The molecule has 1 aromatic heterocycles. The average Bonchev–Trinajstić information content (AvgIpc) is 2.89. The molecule has 96 valence electrons. The molecule has 0 saturated heterocycles. The van der Waals surface area contributed by atoms with Crippen molar-refractivity contribution in [1.29, 1.82) is 0 Å². The van der Waals surface area contributed by atoms with Gasteiger partial charge in [0.05, 0.1) is 4.92 Å². The highest BCUT2D eigenvalue weighted by Crippen LogP contribution is 2.14. The first kappa shape index (κ1) is 12.9. The third kappa shape index (κ3) is 3.71. The van der Waals surface area contributed by atoms with Gasteiger partial charge in [-0.2, -0.15) is 0 Å². The largest absolute Gasteiger partial charge is 0.298 e. The average molecular weight is 275 g/mol. The normalized spacial score (nSPS) is 10.5. The first-order chi connectivity index (χ1) is 9.15. The third-order valence-electron chi connectivity index (χ3n) is 2.17. The molecule has 2 aromatic rings. The Morgan fingerprint density at radius 1 is 1.47 bits per heavy atom. The predicted octanol–water partition coefficient (Wildman–Crippen LogP) is 2.70. The number of carbonyl (C=O) groups is 1. The third-order valence-corrected chi connectivity index (χ3v) is 2.86. The van der Waals surface area contributed by atoms with Crippen LogP contribution in [0.3, 0.4) is 0 Å².